The SMILES string of the molecule is CCc1cc(OC)cc(C)c1S(=O)(=O)N(C)CCOCC(=O)N(C)C1CCC(C=[N+]2CCN(CC)CC2)C1. The lowest BCUT2D eigenvalue weighted by Gasteiger charge is -2.25. The molecule has 0 aromatic heterocycles. The van der Waals surface area contributed by atoms with E-state index in [1.54, 1.807) is 33.2 Å². The van der Waals surface area contributed by atoms with E-state index < -0.39 is 10.0 Å². The highest BCUT2D eigenvalue weighted by Crippen LogP contribution is 2.29. The Morgan fingerprint density at radius 2 is 1.89 bits per heavy atom. The summed E-state index contributed by atoms with van der Waals surface area (Å²) in [6.45, 7) is 11.7. The lowest BCUT2D eigenvalue weighted by Crippen LogP contribution is -2.42. The fourth-order valence-corrected chi connectivity index (χ4v) is 7.13. The van der Waals surface area contributed by atoms with Gasteiger partial charge in [-0.1, -0.05) is 13.8 Å². The topological polar surface area (TPSA) is 82.4 Å². The van der Waals surface area contributed by atoms with Gasteiger partial charge in [-0.25, -0.2) is 13.0 Å². The Hall–Kier alpha value is -2.01. The Morgan fingerprint density at radius 1 is 1.18 bits per heavy atom. The highest BCUT2D eigenvalue weighted by Gasteiger charge is 2.32. The van der Waals surface area contributed by atoms with Gasteiger partial charge in [-0.3, -0.25) is 9.69 Å². The van der Waals surface area contributed by atoms with Gasteiger partial charge >= 0.3 is 0 Å². The maximum Gasteiger partial charge on any atom is 0.248 e. The molecule has 1 aliphatic carbocycles. The molecule has 0 bridgehead atoms. The van der Waals surface area contributed by atoms with Crippen molar-refractivity contribution in [2.75, 3.05) is 73.7 Å². The van der Waals surface area contributed by atoms with Crippen LogP contribution in [0.4, 0.5) is 0 Å². The fraction of sp³-hybridized carbons (Fsp3) is 0.714. The van der Waals surface area contributed by atoms with Gasteiger partial charge in [0.25, 0.3) is 0 Å². The highest BCUT2D eigenvalue weighted by molar-refractivity contribution is 7.89. The number of likely N-dealkylation sites (N-methyl/N-ethyl adjacent to an activating group) is 3. The van der Waals surface area contributed by atoms with Gasteiger partial charge in [0.2, 0.25) is 15.9 Å². The summed E-state index contributed by atoms with van der Waals surface area (Å²) in [7, 11) is 1.28. The number of sulfonamides is 1. The number of benzene rings is 1. The Balaban J connectivity index is 1.45. The minimum atomic E-state index is -3.70. The number of carbonyl (C=O) groups excluding carboxylic acids is 1. The standard InChI is InChI=1S/C28H47N4O5S/c1-7-24-19-26(36-6)17-22(3)28(24)38(34,35)29(4)15-16-37-21-27(33)30(5)25-10-9-23(18-25)20-32-13-11-31(8-2)12-14-32/h17,19-20,23,25H,7-16,18,21H2,1-6H3/q+1. The smallest absolute Gasteiger partial charge is 0.248 e. The zero-order chi connectivity index (χ0) is 27.9. The molecule has 2 atom stereocenters. The molecular formula is C28H47N4O5S+. The van der Waals surface area contributed by atoms with Gasteiger partial charge in [-0.05, 0) is 62.4 Å². The summed E-state index contributed by atoms with van der Waals surface area (Å²) in [5, 5.41) is 0. The molecule has 2 aliphatic rings. The largest absolute Gasteiger partial charge is 0.497 e. The van der Waals surface area contributed by atoms with Crippen LogP contribution in [0.2, 0.25) is 0 Å². The molecule has 0 N–H and O–H groups in total. The van der Waals surface area contributed by atoms with E-state index in [1.807, 2.05) is 18.9 Å². The molecule has 2 fully saturated rings. The molecule has 1 aliphatic heterocycles. The lowest BCUT2D eigenvalue weighted by molar-refractivity contribution is -0.537. The molecule has 1 aromatic rings. The van der Waals surface area contributed by atoms with Crippen molar-refractivity contribution >= 4 is 22.1 Å². The van der Waals surface area contributed by atoms with E-state index in [4.69, 9.17) is 9.47 Å². The van der Waals surface area contributed by atoms with Gasteiger partial charge < -0.3 is 14.4 Å². The molecule has 3 rings (SSSR count). The fourth-order valence-electron chi connectivity index (χ4n) is 5.50. The first-order chi connectivity index (χ1) is 18.1. The van der Waals surface area contributed by atoms with E-state index in [0.717, 1.165) is 57.5 Å². The van der Waals surface area contributed by atoms with Crippen molar-refractivity contribution in [3.05, 3.63) is 23.3 Å². The van der Waals surface area contributed by atoms with Crippen molar-refractivity contribution in [1.29, 1.82) is 0 Å². The second-order valence-electron chi connectivity index (χ2n) is 10.5. The van der Waals surface area contributed by atoms with E-state index in [-0.39, 0.29) is 31.7 Å². The summed E-state index contributed by atoms with van der Waals surface area (Å²) in [6.07, 6.45) is 6.06. The molecule has 2 unspecified atom stereocenters. The monoisotopic (exact) mass is 551 g/mol. The van der Waals surface area contributed by atoms with Crippen LogP contribution in [0.3, 0.4) is 0 Å². The van der Waals surface area contributed by atoms with Gasteiger partial charge in [0.05, 0.1) is 31.7 Å². The zero-order valence-electron chi connectivity index (χ0n) is 24.1. The quantitative estimate of drug-likeness (QED) is 0.293. The summed E-state index contributed by atoms with van der Waals surface area (Å²) in [5.74, 6) is 1.10. The molecule has 38 heavy (non-hydrogen) atoms. The summed E-state index contributed by atoms with van der Waals surface area (Å²) in [6, 6.07) is 3.73. The molecule has 10 heteroatoms. The number of rotatable bonds is 12. The predicted octanol–water partition coefficient (Wildman–Crippen LogP) is 2.25. The van der Waals surface area contributed by atoms with Gasteiger partial charge in [0.15, 0.2) is 13.1 Å². The van der Waals surface area contributed by atoms with Crippen molar-refractivity contribution in [1.82, 2.24) is 14.1 Å². The molecular weight excluding hydrogens is 504 g/mol. The Kier molecular flexibility index (Phi) is 11.1. The summed E-state index contributed by atoms with van der Waals surface area (Å²) in [4.78, 5) is 17.4. The Labute approximate surface area is 229 Å². The number of ether oxygens (including phenoxy) is 2. The maximum absolute atomic E-state index is 13.3. The average molecular weight is 552 g/mol. The molecule has 214 valence electrons. The van der Waals surface area contributed by atoms with Crippen LogP contribution < -0.4 is 4.74 Å². The lowest BCUT2D eigenvalue weighted by atomic mass is 10.1. The molecule has 0 radical (unpaired) electrons. The molecule has 1 saturated carbocycles. The van der Waals surface area contributed by atoms with Gasteiger partial charge in [0.1, 0.15) is 18.6 Å². The number of carbonyl (C=O) groups is 1. The number of hydrogen-bond acceptors (Lipinski definition) is 6. The zero-order valence-corrected chi connectivity index (χ0v) is 24.9. The third-order valence-corrected chi connectivity index (χ3v) is 10.2. The normalized spacial score (nSPS) is 20.7. The summed E-state index contributed by atoms with van der Waals surface area (Å²) in [5.41, 5.74) is 1.38. The summed E-state index contributed by atoms with van der Waals surface area (Å²) < 4.78 is 41.3. The number of piperazine rings is 1. The highest BCUT2D eigenvalue weighted by atomic mass is 32.2. The van der Waals surface area contributed by atoms with Crippen molar-refractivity contribution < 1.29 is 27.3 Å². The number of nitrogens with zero attached hydrogens (tertiary/aromatic N) is 4. The molecule has 1 amide bonds. The first-order valence-corrected chi connectivity index (χ1v) is 15.3. The molecule has 1 heterocycles. The van der Waals surface area contributed by atoms with Crippen molar-refractivity contribution in [2.24, 2.45) is 5.92 Å². The Morgan fingerprint density at radius 3 is 2.53 bits per heavy atom. The van der Waals surface area contributed by atoms with Crippen LogP contribution in [-0.2, 0) is 26.0 Å². The van der Waals surface area contributed by atoms with Crippen molar-refractivity contribution in [2.45, 2.75) is 57.4 Å². The second kappa shape index (κ2) is 13.9. The average Bonchev–Trinajstić information content (AvgIpc) is 3.38. The van der Waals surface area contributed by atoms with Crippen LogP contribution in [0.5, 0.6) is 5.75 Å². The van der Waals surface area contributed by atoms with Crippen LogP contribution in [0, 0.1) is 12.8 Å². The maximum atomic E-state index is 13.3. The number of methoxy groups -OCH3 is 1. The molecule has 0 spiro atoms. The second-order valence-corrected chi connectivity index (χ2v) is 12.5. The predicted molar refractivity (Wildman–Crippen MR) is 150 cm³/mol. The minimum Gasteiger partial charge on any atom is -0.497 e. The van der Waals surface area contributed by atoms with E-state index in [9.17, 15) is 13.2 Å². The van der Waals surface area contributed by atoms with E-state index in [0.29, 0.717) is 28.5 Å². The van der Waals surface area contributed by atoms with E-state index in [2.05, 4.69) is 22.6 Å². The minimum absolute atomic E-state index is 0.0456. The first-order valence-electron chi connectivity index (χ1n) is 13.9. The molecule has 9 nitrogen and oxygen atoms in total. The van der Waals surface area contributed by atoms with Crippen LogP contribution in [-0.4, -0.2) is 119 Å². The van der Waals surface area contributed by atoms with Gasteiger partial charge in [-0.15, -0.1) is 0 Å². The van der Waals surface area contributed by atoms with Crippen LogP contribution in [0.1, 0.15) is 44.2 Å². The first kappa shape index (κ1) is 30.5. The van der Waals surface area contributed by atoms with Crippen molar-refractivity contribution in [3.8, 4) is 5.75 Å². The van der Waals surface area contributed by atoms with E-state index in [1.165, 1.54) is 4.31 Å². The number of aryl methyl sites for hydroxylation is 2. The molecule has 1 aromatic carbocycles. The van der Waals surface area contributed by atoms with Crippen LogP contribution >= 0.6 is 0 Å². The van der Waals surface area contributed by atoms with Crippen LogP contribution in [0.15, 0.2) is 17.0 Å². The summed E-state index contributed by atoms with van der Waals surface area (Å²) >= 11 is 0. The van der Waals surface area contributed by atoms with E-state index >= 15 is 0 Å². The van der Waals surface area contributed by atoms with Crippen molar-refractivity contribution in [3.63, 3.8) is 0 Å². The van der Waals surface area contributed by atoms with Gasteiger partial charge in [0, 0.05) is 32.6 Å². The number of hydrogen-bond donors (Lipinski definition) is 0. The van der Waals surface area contributed by atoms with Crippen LogP contribution in [0.25, 0.3) is 0 Å². The number of amides is 1. The third-order valence-electron chi connectivity index (χ3n) is 8.05. The Bertz CT molecular complexity index is 1080. The van der Waals surface area contributed by atoms with Gasteiger partial charge in [-0.2, -0.15) is 4.31 Å². The molecule has 1 saturated heterocycles. The third kappa shape index (κ3) is 7.55.